The summed E-state index contributed by atoms with van der Waals surface area (Å²) in [4.78, 5) is 12.7. The SMILES string of the molecule is COc1cc(/C=C(\C#N)C(=O)Nc2c(C)cccc2Cl)cc(Br)c1OCc1ccc(C)cc1. The zero-order chi connectivity index (χ0) is 24.0. The topological polar surface area (TPSA) is 71.3 Å². The maximum Gasteiger partial charge on any atom is 0.266 e. The van der Waals surface area contributed by atoms with E-state index >= 15 is 0 Å². The Morgan fingerprint density at radius 1 is 1.18 bits per heavy atom. The fourth-order valence-corrected chi connectivity index (χ4v) is 3.93. The van der Waals surface area contributed by atoms with Crippen LogP contribution in [0.15, 0.2) is 64.6 Å². The Hall–Kier alpha value is -3.27. The van der Waals surface area contributed by atoms with Gasteiger partial charge in [0.25, 0.3) is 5.91 Å². The molecule has 1 amide bonds. The lowest BCUT2D eigenvalue weighted by Crippen LogP contribution is -2.14. The van der Waals surface area contributed by atoms with Crippen LogP contribution >= 0.6 is 27.5 Å². The Kier molecular flexibility index (Phi) is 8.16. The predicted octanol–water partition coefficient (Wildman–Crippen LogP) is 6.85. The van der Waals surface area contributed by atoms with E-state index < -0.39 is 5.91 Å². The van der Waals surface area contributed by atoms with E-state index in [-0.39, 0.29) is 5.57 Å². The number of amides is 1. The summed E-state index contributed by atoms with van der Waals surface area (Å²) in [6.07, 6.45) is 1.48. The molecule has 168 valence electrons. The Bertz CT molecular complexity index is 1230. The zero-order valence-corrected chi connectivity index (χ0v) is 20.8. The molecular weight excluding hydrogens is 504 g/mol. The minimum absolute atomic E-state index is 0.0726. The van der Waals surface area contributed by atoms with Crippen molar-refractivity contribution in [3.05, 3.63) is 91.9 Å². The van der Waals surface area contributed by atoms with Gasteiger partial charge in [0.15, 0.2) is 11.5 Å². The molecule has 3 aromatic rings. The first-order valence-corrected chi connectivity index (χ1v) is 11.2. The molecule has 33 heavy (non-hydrogen) atoms. The summed E-state index contributed by atoms with van der Waals surface area (Å²) in [6.45, 7) is 4.23. The third-order valence-corrected chi connectivity index (χ3v) is 5.80. The van der Waals surface area contributed by atoms with Crippen molar-refractivity contribution in [2.75, 3.05) is 12.4 Å². The van der Waals surface area contributed by atoms with Crippen LogP contribution in [-0.2, 0) is 11.4 Å². The lowest BCUT2D eigenvalue weighted by Gasteiger charge is -2.14. The highest BCUT2D eigenvalue weighted by Gasteiger charge is 2.16. The van der Waals surface area contributed by atoms with E-state index in [1.54, 1.807) is 24.3 Å². The summed E-state index contributed by atoms with van der Waals surface area (Å²) in [7, 11) is 1.53. The molecule has 0 aromatic heterocycles. The fraction of sp³-hybridized carbons (Fsp3) is 0.154. The Morgan fingerprint density at radius 2 is 1.91 bits per heavy atom. The number of aryl methyl sites for hydroxylation is 2. The number of carbonyl (C=O) groups is 1. The molecule has 0 heterocycles. The van der Waals surface area contributed by atoms with Crippen molar-refractivity contribution in [2.45, 2.75) is 20.5 Å². The molecule has 0 atom stereocenters. The highest BCUT2D eigenvalue weighted by atomic mass is 79.9. The summed E-state index contributed by atoms with van der Waals surface area (Å²) in [5, 5.41) is 12.7. The van der Waals surface area contributed by atoms with Crippen LogP contribution in [0.5, 0.6) is 11.5 Å². The average Bonchev–Trinajstić information content (AvgIpc) is 2.79. The second-order valence-electron chi connectivity index (χ2n) is 7.36. The van der Waals surface area contributed by atoms with Gasteiger partial charge in [0.05, 0.1) is 22.3 Å². The molecule has 3 aromatic carbocycles. The van der Waals surface area contributed by atoms with Crippen LogP contribution in [0.25, 0.3) is 6.08 Å². The van der Waals surface area contributed by atoms with Gasteiger partial charge in [-0.05, 0) is 70.7 Å². The number of anilines is 1. The van der Waals surface area contributed by atoms with Crippen molar-refractivity contribution in [3.8, 4) is 17.6 Å². The molecule has 1 N–H and O–H groups in total. The maximum absolute atomic E-state index is 12.7. The second kappa shape index (κ2) is 11.0. The number of nitriles is 1. The molecule has 5 nitrogen and oxygen atoms in total. The Labute approximate surface area is 206 Å². The number of ether oxygens (including phenoxy) is 2. The number of halogens is 2. The molecule has 0 spiro atoms. The molecular formula is C26H22BrClN2O3. The van der Waals surface area contributed by atoms with Gasteiger partial charge in [-0.2, -0.15) is 5.26 Å². The van der Waals surface area contributed by atoms with E-state index in [1.165, 1.54) is 18.7 Å². The standard InChI is InChI=1S/C26H22BrClN2O3/c1-16-7-9-18(10-8-16)15-33-25-21(27)12-19(13-23(25)32-3)11-20(14-29)26(31)30-24-17(2)5-4-6-22(24)28/h4-13H,15H2,1-3H3,(H,30,31)/b20-11+. The summed E-state index contributed by atoms with van der Waals surface area (Å²) < 4.78 is 12.1. The quantitative estimate of drug-likeness (QED) is 0.270. The molecule has 0 bridgehead atoms. The molecule has 0 unspecified atom stereocenters. The number of carbonyl (C=O) groups excluding carboxylic acids is 1. The van der Waals surface area contributed by atoms with E-state index in [2.05, 4.69) is 21.2 Å². The minimum Gasteiger partial charge on any atom is -0.493 e. The predicted molar refractivity (Wildman–Crippen MR) is 135 cm³/mol. The zero-order valence-electron chi connectivity index (χ0n) is 18.4. The first-order valence-electron chi connectivity index (χ1n) is 10.1. The number of nitrogens with one attached hydrogen (secondary N) is 1. The van der Waals surface area contributed by atoms with Gasteiger partial charge < -0.3 is 14.8 Å². The van der Waals surface area contributed by atoms with Gasteiger partial charge in [0, 0.05) is 0 Å². The van der Waals surface area contributed by atoms with E-state index in [4.69, 9.17) is 21.1 Å². The number of methoxy groups -OCH3 is 1. The molecule has 0 aliphatic rings. The van der Waals surface area contributed by atoms with Crippen molar-refractivity contribution in [1.82, 2.24) is 0 Å². The summed E-state index contributed by atoms with van der Waals surface area (Å²) in [6, 6.07) is 18.8. The molecule has 0 fully saturated rings. The van der Waals surface area contributed by atoms with Crippen molar-refractivity contribution in [3.63, 3.8) is 0 Å². The largest absolute Gasteiger partial charge is 0.493 e. The van der Waals surface area contributed by atoms with Crippen LogP contribution in [0.2, 0.25) is 5.02 Å². The minimum atomic E-state index is -0.552. The van der Waals surface area contributed by atoms with Crippen LogP contribution in [0.3, 0.4) is 0 Å². The lowest BCUT2D eigenvalue weighted by molar-refractivity contribution is -0.112. The van der Waals surface area contributed by atoms with Gasteiger partial charge in [0.1, 0.15) is 18.2 Å². The number of benzene rings is 3. The Balaban J connectivity index is 1.84. The third kappa shape index (κ3) is 6.16. The normalized spacial score (nSPS) is 11.0. The number of hydrogen-bond donors (Lipinski definition) is 1. The van der Waals surface area contributed by atoms with E-state index in [0.717, 1.165) is 11.1 Å². The highest BCUT2D eigenvalue weighted by molar-refractivity contribution is 9.10. The molecule has 0 saturated carbocycles. The van der Waals surface area contributed by atoms with Crippen molar-refractivity contribution >= 4 is 45.2 Å². The second-order valence-corrected chi connectivity index (χ2v) is 8.63. The first kappa shape index (κ1) is 24.4. The first-order chi connectivity index (χ1) is 15.8. The van der Waals surface area contributed by atoms with Crippen molar-refractivity contribution < 1.29 is 14.3 Å². The molecule has 0 aliphatic heterocycles. The third-order valence-electron chi connectivity index (χ3n) is 4.89. The van der Waals surface area contributed by atoms with E-state index in [0.29, 0.717) is 38.9 Å². The molecule has 0 saturated heterocycles. The van der Waals surface area contributed by atoms with Crippen LogP contribution < -0.4 is 14.8 Å². The lowest BCUT2D eigenvalue weighted by atomic mass is 10.1. The van der Waals surface area contributed by atoms with E-state index in [1.807, 2.05) is 50.2 Å². The van der Waals surface area contributed by atoms with Gasteiger partial charge in [-0.1, -0.05) is 53.6 Å². The monoisotopic (exact) mass is 524 g/mol. The maximum atomic E-state index is 12.7. The van der Waals surface area contributed by atoms with Gasteiger partial charge in [-0.3, -0.25) is 4.79 Å². The molecule has 7 heteroatoms. The Morgan fingerprint density at radius 3 is 2.55 bits per heavy atom. The van der Waals surface area contributed by atoms with E-state index in [9.17, 15) is 10.1 Å². The van der Waals surface area contributed by atoms with Gasteiger partial charge in [-0.15, -0.1) is 0 Å². The number of hydrogen-bond acceptors (Lipinski definition) is 4. The van der Waals surface area contributed by atoms with Crippen LogP contribution in [-0.4, -0.2) is 13.0 Å². The van der Waals surface area contributed by atoms with Gasteiger partial charge in [0.2, 0.25) is 0 Å². The van der Waals surface area contributed by atoms with Crippen molar-refractivity contribution in [1.29, 1.82) is 5.26 Å². The summed E-state index contributed by atoms with van der Waals surface area (Å²) in [5.74, 6) is 0.454. The van der Waals surface area contributed by atoms with Crippen LogP contribution in [0, 0.1) is 25.2 Å². The summed E-state index contributed by atoms with van der Waals surface area (Å²) in [5.41, 5.74) is 4.00. The van der Waals surface area contributed by atoms with Gasteiger partial charge in [-0.25, -0.2) is 0 Å². The fourth-order valence-electron chi connectivity index (χ4n) is 3.09. The number of para-hydroxylation sites is 1. The number of rotatable bonds is 7. The number of nitrogens with zero attached hydrogens (tertiary/aromatic N) is 1. The summed E-state index contributed by atoms with van der Waals surface area (Å²) >= 11 is 9.70. The molecule has 3 rings (SSSR count). The van der Waals surface area contributed by atoms with Crippen molar-refractivity contribution in [2.24, 2.45) is 0 Å². The smallest absolute Gasteiger partial charge is 0.266 e. The highest BCUT2D eigenvalue weighted by Crippen LogP contribution is 2.38. The average molecular weight is 526 g/mol. The van der Waals surface area contributed by atoms with Crippen LogP contribution in [0.1, 0.15) is 22.3 Å². The molecule has 0 aliphatic carbocycles. The molecule has 0 radical (unpaired) electrons. The van der Waals surface area contributed by atoms with Gasteiger partial charge >= 0.3 is 0 Å². The van der Waals surface area contributed by atoms with Crippen LogP contribution in [0.4, 0.5) is 5.69 Å².